The van der Waals surface area contributed by atoms with Gasteiger partial charge in [0.1, 0.15) is 0 Å². The lowest BCUT2D eigenvalue weighted by Gasteiger charge is -2.40. The lowest BCUT2D eigenvalue weighted by molar-refractivity contribution is 0.0499. The number of hydrogen-bond donors (Lipinski definition) is 2. The van der Waals surface area contributed by atoms with Gasteiger partial charge in [0, 0.05) is 49.9 Å². The molecule has 3 aliphatic rings. The highest BCUT2D eigenvalue weighted by Crippen LogP contribution is 2.26. The van der Waals surface area contributed by atoms with Crippen LogP contribution in [0.3, 0.4) is 0 Å². The Morgan fingerprint density at radius 3 is 2.61 bits per heavy atom. The fourth-order valence-corrected chi connectivity index (χ4v) is 6.06. The first-order valence-electron chi connectivity index (χ1n) is 9.76. The van der Waals surface area contributed by atoms with E-state index in [-0.39, 0.29) is 41.6 Å². The van der Waals surface area contributed by atoms with Crippen LogP contribution in [0.1, 0.15) is 23.2 Å². The number of nitrogens with one attached hydrogen (secondary N) is 2. The van der Waals surface area contributed by atoms with Gasteiger partial charge in [0.2, 0.25) is 0 Å². The molecule has 0 aliphatic carbocycles. The minimum Gasteiger partial charge on any atom is -0.337 e. The first-order chi connectivity index (χ1) is 13.4. The zero-order valence-electron chi connectivity index (χ0n) is 15.7. The van der Waals surface area contributed by atoms with Crippen LogP contribution in [0.5, 0.6) is 0 Å². The number of benzene rings is 1. The van der Waals surface area contributed by atoms with Crippen molar-refractivity contribution >= 4 is 21.8 Å². The van der Waals surface area contributed by atoms with E-state index in [9.17, 15) is 18.0 Å². The summed E-state index contributed by atoms with van der Waals surface area (Å²) < 4.78 is 23.0. The molecule has 3 heterocycles. The maximum absolute atomic E-state index is 12.9. The summed E-state index contributed by atoms with van der Waals surface area (Å²) in [5, 5.41) is 5.61. The molecule has 2 bridgehead atoms. The molecule has 2 N–H and O–H groups in total. The first-order valence-corrected chi connectivity index (χ1v) is 11.6. The molecule has 0 aromatic heterocycles. The molecular weight excluding hydrogens is 380 g/mol. The Balaban J connectivity index is 1.33. The van der Waals surface area contributed by atoms with Gasteiger partial charge in [0.15, 0.2) is 9.84 Å². The molecule has 1 aromatic carbocycles. The van der Waals surface area contributed by atoms with Crippen LogP contribution in [0.15, 0.2) is 30.3 Å². The van der Waals surface area contributed by atoms with Gasteiger partial charge < -0.3 is 15.5 Å². The smallest absolute Gasteiger partial charge is 0.315 e. The van der Waals surface area contributed by atoms with Crippen LogP contribution < -0.4 is 10.6 Å². The van der Waals surface area contributed by atoms with Crippen molar-refractivity contribution in [1.29, 1.82) is 0 Å². The van der Waals surface area contributed by atoms with E-state index < -0.39 is 9.84 Å². The monoisotopic (exact) mass is 406 g/mol. The average Bonchev–Trinajstić information content (AvgIpc) is 3.25. The lowest BCUT2D eigenvalue weighted by atomic mass is 10.1. The molecule has 28 heavy (non-hydrogen) atoms. The van der Waals surface area contributed by atoms with Crippen LogP contribution >= 0.6 is 0 Å². The molecule has 152 valence electrons. The van der Waals surface area contributed by atoms with Gasteiger partial charge in [-0.3, -0.25) is 9.69 Å². The molecule has 8 nitrogen and oxygen atoms in total. The molecule has 3 fully saturated rings. The fourth-order valence-electron chi connectivity index (χ4n) is 4.39. The summed E-state index contributed by atoms with van der Waals surface area (Å²) in [4.78, 5) is 29.3. The molecule has 3 amide bonds. The van der Waals surface area contributed by atoms with E-state index >= 15 is 0 Å². The second kappa shape index (κ2) is 7.71. The minimum absolute atomic E-state index is 0.0109. The molecule has 4 rings (SSSR count). The van der Waals surface area contributed by atoms with Crippen molar-refractivity contribution in [1.82, 2.24) is 20.4 Å². The van der Waals surface area contributed by atoms with E-state index in [2.05, 4.69) is 15.5 Å². The van der Waals surface area contributed by atoms with Gasteiger partial charge in [-0.1, -0.05) is 18.2 Å². The number of carbonyl (C=O) groups excluding carboxylic acids is 2. The predicted octanol–water partition coefficient (Wildman–Crippen LogP) is 0.0716. The minimum atomic E-state index is -3.02. The highest BCUT2D eigenvalue weighted by molar-refractivity contribution is 7.91. The Bertz CT molecular complexity index is 845. The van der Waals surface area contributed by atoms with Gasteiger partial charge in [-0.05, 0) is 25.0 Å². The van der Waals surface area contributed by atoms with Crippen LogP contribution in [0.25, 0.3) is 0 Å². The fraction of sp³-hybridized carbons (Fsp3) is 0.579. The van der Waals surface area contributed by atoms with Crippen molar-refractivity contribution in [2.24, 2.45) is 0 Å². The summed E-state index contributed by atoms with van der Waals surface area (Å²) in [5.41, 5.74) is 0.690. The molecule has 1 unspecified atom stereocenters. The largest absolute Gasteiger partial charge is 0.337 e. The van der Waals surface area contributed by atoms with Crippen molar-refractivity contribution in [2.45, 2.75) is 31.0 Å². The number of piperazine rings is 1. The Morgan fingerprint density at radius 1 is 1.11 bits per heavy atom. The highest BCUT2D eigenvalue weighted by atomic mass is 32.2. The number of nitrogens with zero attached hydrogens (tertiary/aromatic N) is 2. The van der Waals surface area contributed by atoms with Crippen LogP contribution in [0, 0.1) is 0 Å². The van der Waals surface area contributed by atoms with Crippen molar-refractivity contribution < 1.29 is 18.0 Å². The molecule has 0 saturated carbocycles. The standard InChI is InChI=1S/C19H26N4O4S/c24-18(14-4-2-1-3-5-14)23-12-17(22-8-6-16(23)11-22)10-20-19(25)21-15-7-9-28(26,27)13-15/h1-5,15-17H,6-13H2,(H2,20,21,25)/t15-,16+,17-/m1/s1. The van der Waals surface area contributed by atoms with Crippen molar-refractivity contribution in [3.05, 3.63) is 35.9 Å². The van der Waals surface area contributed by atoms with E-state index in [1.807, 2.05) is 35.2 Å². The topological polar surface area (TPSA) is 98.8 Å². The van der Waals surface area contributed by atoms with Gasteiger partial charge in [-0.2, -0.15) is 0 Å². The van der Waals surface area contributed by atoms with E-state index in [1.54, 1.807) is 0 Å². The van der Waals surface area contributed by atoms with Crippen molar-refractivity contribution in [3.8, 4) is 0 Å². The normalized spacial score (nSPS) is 30.8. The van der Waals surface area contributed by atoms with E-state index in [4.69, 9.17) is 0 Å². The summed E-state index contributed by atoms with van der Waals surface area (Å²) in [5.74, 6) is 0.182. The van der Waals surface area contributed by atoms with Crippen LogP contribution in [-0.4, -0.2) is 86.0 Å². The quantitative estimate of drug-likeness (QED) is 0.737. The molecular formula is C19H26N4O4S. The number of carbonyl (C=O) groups is 2. The van der Waals surface area contributed by atoms with Crippen LogP contribution in [0.2, 0.25) is 0 Å². The van der Waals surface area contributed by atoms with Gasteiger partial charge in [-0.15, -0.1) is 0 Å². The number of sulfone groups is 1. The zero-order valence-corrected chi connectivity index (χ0v) is 16.5. The lowest BCUT2D eigenvalue weighted by Crippen LogP contribution is -2.58. The Hall–Kier alpha value is -2.13. The van der Waals surface area contributed by atoms with Gasteiger partial charge in [-0.25, -0.2) is 13.2 Å². The third-order valence-electron chi connectivity index (χ3n) is 5.91. The molecule has 3 saturated heterocycles. The summed E-state index contributed by atoms with van der Waals surface area (Å²) >= 11 is 0. The number of fused-ring (bicyclic) bond motifs is 2. The number of rotatable bonds is 4. The third-order valence-corrected chi connectivity index (χ3v) is 7.67. The van der Waals surface area contributed by atoms with Crippen LogP contribution in [-0.2, 0) is 9.84 Å². The number of urea groups is 1. The summed E-state index contributed by atoms with van der Waals surface area (Å²) in [7, 11) is -3.02. The van der Waals surface area contributed by atoms with E-state index in [0.717, 1.165) is 19.5 Å². The second-order valence-corrected chi connectivity index (χ2v) is 10.1. The maximum Gasteiger partial charge on any atom is 0.315 e. The molecule has 0 radical (unpaired) electrons. The number of hydrogen-bond acceptors (Lipinski definition) is 5. The summed E-state index contributed by atoms with van der Waals surface area (Å²) in [6.07, 6.45) is 1.41. The van der Waals surface area contributed by atoms with Crippen LogP contribution in [0.4, 0.5) is 4.79 Å². The molecule has 1 aromatic rings. The van der Waals surface area contributed by atoms with E-state index in [1.165, 1.54) is 0 Å². The molecule has 3 aliphatic heterocycles. The van der Waals surface area contributed by atoms with Gasteiger partial charge in [0.25, 0.3) is 5.91 Å². The van der Waals surface area contributed by atoms with E-state index in [0.29, 0.717) is 25.1 Å². The first kappa shape index (κ1) is 19.2. The van der Waals surface area contributed by atoms with Crippen molar-refractivity contribution in [2.75, 3.05) is 37.7 Å². The third kappa shape index (κ3) is 4.15. The SMILES string of the molecule is O=C(NC[C@@H]1CN(C(=O)c2ccccc2)[C@H]2CCN1C2)N[C@@H]1CCS(=O)(=O)C1. The Kier molecular flexibility index (Phi) is 5.29. The average molecular weight is 407 g/mol. The second-order valence-electron chi connectivity index (χ2n) is 7.87. The highest BCUT2D eigenvalue weighted by Gasteiger charge is 2.41. The summed E-state index contributed by atoms with van der Waals surface area (Å²) in [6.45, 7) is 2.75. The van der Waals surface area contributed by atoms with Gasteiger partial charge in [0.05, 0.1) is 11.5 Å². The maximum atomic E-state index is 12.9. The Labute approximate surface area is 165 Å². The Morgan fingerprint density at radius 2 is 1.89 bits per heavy atom. The van der Waals surface area contributed by atoms with Gasteiger partial charge >= 0.3 is 6.03 Å². The summed E-state index contributed by atoms with van der Waals surface area (Å²) in [6, 6.07) is 8.92. The predicted molar refractivity (Wildman–Crippen MR) is 105 cm³/mol. The zero-order chi connectivity index (χ0) is 19.7. The molecule has 9 heteroatoms. The number of amides is 3. The molecule has 4 atom stereocenters. The molecule has 0 spiro atoms. The van der Waals surface area contributed by atoms with Crippen molar-refractivity contribution in [3.63, 3.8) is 0 Å².